The third-order valence-electron chi connectivity index (χ3n) is 9.79. The summed E-state index contributed by atoms with van der Waals surface area (Å²) in [7, 11) is 0. The molecule has 1 saturated heterocycles. The van der Waals surface area contributed by atoms with Gasteiger partial charge in [-0.1, -0.05) is 35.4 Å². The Kier molecular flexibility index (Phi) is 8.50. The Labute approximate surface area is 294 Å². The molecule has 5 unspecified atom stereocenters. The molecular weight excluding hydrogens is 722 g/mol. The number of ether oxygens (including phenoxy) is 1. The number of esters is 1. The number of ketones is 1. The normalized spacial score (nSPS) is 21.9. The average Bonchev–Trinajstić information content (AvgIpc) is 3.72. The van der Waals surface area contributed by atoms with Gasteiger partial charge in [0.05, 0.1) is 39.3 Å². The molecule has 7 nitrogen and oxygen atoms in total. The molecule has 1 aliphatic heterocycles. The molecule has 2 aliphatic carbocycles. The molecule has 2 fully saturated rings. The van der Waals surface area contributed by atoms with Crippen LogP contribution in [-0.2, 0) is 14.3 Å². The van der Waals surface area contributed by atoms with E-state index in [0.717, 1.165) is 18.6 Å². The minimum atomic E-state index is -1.22. The lowest BCUT2D eigenvalue weighted by Gasteiger charge is -2.19. The highest BCUT2D eigenvalue weighted by atomic mass is 79.9. The predicted molar refractivity (Wildman–Crippen MR) is 185 cm³/mol. The molecule has 7 rings (SSSR count). The number of anilines is 1. The van der Waals surface area contributed by atoms with Gasteiger partial charge in [-0.05, 0) is 102 Å². The summed E-state index contributed by atoms with van der Waals surface area (Å²) in [5, 5.41) is 0.870. The molecule has 1 saturated carbocycles. The monoisotopic (exact) mass is 748 g/mol. The molecule has 2 bridgehead atoms. The number of pyridine rings is 1. The number of fused-ring (bicyclic) bond motifs is 6. The molecule has 3 aromatic carbocycles. The molecule has 0 radical (unpaired) electrons. The van der Waals surface area contributed by atoms with E-state index in [4.69, 9.17) is 32.9 Å². The molecule has 48 heavy (non-hydrogen) atoms. The highest BCUT2D eigenvalue weighted by Crippen LogP contribution is 2.56. The first-order chi connectivity index (χ1) is 23.0. The molecule has 1 aromatic heterocycles. The number of allylic oxidation sites excluding steroid dienone is 2. The lowest BCUT2D eigenvalue weighted by Crippen LogP contribution is -2.32. The van der Waals surface area contributed by atoms with Gasteiger partial charge in [-0.25, -0.2) is 14.2 Å². The average molecular weight is 750 g/mol. The minimum absolute atomic E-state index is 0.0424. The largest absolute Gasteiger partial charge is 0.450 e. The van der Waals surface area contributed by atoms with Crippen molar-refractivity contribution in [3.63, 3.8) is 0 Å². The minimum Gasteiger partial charge on any atom is -0.450 e. The number of carbonyl (C=O) groups excluding carboxylic acids is 4. The number of aromatic nitrogens is 1. The summed E-state index contributed by atoms with van der Waals surface area (Å²) in [6.07, 6.45) is 1.83. The zero-order valence-electron chi connectivity index (χ0n) is 25.8. The molecule has 2 amide bonds. The smallest absolute Gasteiger partial charge is 0.339 e. The third-order valence-corrected chi connectivity index (χ3v) is 11.3. The SMILES string of the molecule is CC1=CC2CC1C1C(=O)N(c3ccc(-c4cc(C(=O)OC(CCCl)C(=O)c5ccc(F)cc5)c5cc(Br)c(Cl)c(C)c5n4)cc3)C(=O)C21. The van der Waals surface area contributed by atoms with E-state index in [1.165, 1.54) is 22.6 Å². The van der Waals surface area contributed by atoms with Crippen molar-refractivity contribution in [2.45, 2.75) is 32.8 Å². The maximum atomic E-state index is 13.9. The van der Waals surface area contributed by atoms with Crippen LogP contribution >= 0.6 is 39.1 Å². The third kappa shape index (κ3) is 5.36. The van der Waals surface area contributed by atoms with Gasteiger partial charge in [0, 0.05) is 33.3 Å². The van der Waals surface area contributed by atoms with Crippen molar-refractivity contribution >= 4 is 79.3 Å². The Morgan fingerprint density at radius 3 is 2.42 bits per heavy atom. The molecule has 244 valence electrons. The molecular formula is C37H28BrCl2FN2O5. The number of rotatable bonds is 8. The van der Waals surface area contributed by atoms with Crippen molar-refractivity contribution in [1.82, 2.24) is 4.98 Å². The summed E-state index contributed by atoms with van der Waals surface area (Å²) < 4.78 is 19.8. The number of benzene rings is 3. The molecule has 2 heterocycles. The van der Waals surface area contributed by atoms with E-state index in [-0.39, 0.29) is 58.9 Å². The Morgan fingerprint density at radius 1 is 1.04 bits per heavy atom. The molecule has 11 heteroatoms. The van der Waals surface area contributed by atoms with E-state index in [0.29, 0.717) is 42.9 Å². The second-order valence-corrected chi connectivity index (χ2v) is 14.1. The standard InChI is InChI=1S/C37H28BrCl2FN2O5/c1-17-13-21-14-24(17)31-30(21)35(45)43(36(31)46)23-9-5-19(6-10-23)28-16-26(25-15-27(38)32(40)18(2)33(25)42-28)37(47)48-29(11-12-39)34(44)20-3-7-22(41)8-4-20/h3-10,13,15-16,21,24,29-31H,11-12,14H2,1-2H3. The summed E-state index contributed by atoms with van der Waals surface area (Å²) in [4.78, 5) is 60.2. The molecule has 0 N–H and O–H groups in total. The van der Waals surface area contributed by atoms with Crippen LogP contribution in [0.2, 0.25) is 5.02 Å². The number of carbonyl (C=O) groups is 4. The van der Waals surface area contributed by atoms with Crippen molar-refractivity contribution < 1.29 is 28.3 Å². The number of alkyl halides is 1. The van der Waals surface area contributed by atoms with E-state index in [9.17, 15) is 23.6 Å². The van der Waals surface area contributed by atoms with Crippen LogP contribution in [0.4, 0.5) is 10.1 Å². The number of halogens is 4. The van der Waals surface area contributed by atoms with E-state index >= 15 is 0 Å². The fraction of sp³-hybridized carbons (Fsp3) is 0.270. The number of imide groups is 1. The number of aryl methyl sites for hydroxylation is 1. The van der Waals surface area contributed by atoms with Gasteiger partial charge in [-0.15, -0.1) is 11.6 Å². The van der Waals surface area contributed by atoms with E-state index in [2.05, 4.69) is 22.0 Å². The maximum Gasteiger partial charge on any atom is 0.339 e. The number of amides is 2. The number of hydrogen-bond donors (Lipinski definition) is 0. The Hall–Kier alpha value is -3.92. The number of nitrogens with zero attached hydrogens (tertiary/aromatic N) is 2. The van der Waals surface area contributed by atoms with Crippen molar-refractivity contribution in [2.75, 3.05) is 10.8 Å². The number of hydrogen-bond acceptors (Lipinski definition) is 6. The lowest BCUT2D eigenvalue weighted by molar-refractivity contribution is -0.123. The first-order valence-electron chi connectivity index (χ1n) is 15.5. The molecule has 0 spiro atoms. The first kappa shape index (κ1) is 32.6. The highest BCUT2D eigenvalue weighted by Gasteiger charge is 2.60. The fourth-order valence-corrected chi connectivity index (χ4v) is 8.29. The summed E-state index contributed by atoms with van der Waals surface area (Å²) in [5.74, 6) is -2.48. The fourth-order valence-electron chi connectivity index (χ4n) is 7.42. The van der Waals surface area contributed by atoms with Crippen molar-refractivity contribution in [2.24, 2.45) is 23.7 Å². The van der Waals surface area contributed by atoms with Crippen LogP contribution < -0.4 is 4.90 Å². The van der Waals surface area contributed by atoms with Gasteiger partial charge in [-0.3, -0.25) is 19.3 Å². The van der Waals surface area contributed by atoms with Crippen LogP contribution in [-0.4, -0.2) is 40.5 Å². The van der Waals surface area contributed by atoms with Crippen LogP contribution in [0.15, 0.2) is 76.8 Å². The second-order valence-electron chi connectivity index (χ2n) is 12.5. The summed E-state index contributed by atoms with van der Waals surface area (Å²) in [6.45, 7) is 3.82. The van der Waals surface area contributed by atoms with Gasteiger partial charge in [-0.2, -0.15) is 0 Å². The maximum absolute atomic E-state index is 13.9. The summed E-state index contributed by atoms with van der Waals surface area (Å²) >= 11 is 16.0. The molecule has 5 atom stereocenters. The predicted octanol–water partition coefficient (Wildman–Crippen LogP) is 8.50. The van der Waals surface area contributed by atoms with Crippen molar-refractivity contribution in [1.29, 1.82) is 0 Å². The summed E-state index contributed by atoms with van der Waals surface area (Å²) in [5.41, 5.74) is 4.09. The molecule has 4 aromatic rings. The van der Waals surface area contributed by atoms with Gasteiger partial charge in [0.1, 0.15) is 5.82 Å². The molecule has 3 aliphatic rings. The van der Waals surface area contributed by atoms with Gasteiger partial charge in [0.2, 0.25) is 17.6 Å². The van der Waals surface area contributed by atoms with Gasteiger partial charge in [0.15, 0.2) is 6.10 Å². The highest BCUT2D eigenvalue weighted by molar-refractivity contribution is 9.10. The quantitative estimate of drug-likeness (QED) is 0.0590. The Balaban J connectivity index is 1.23. The Morgan fingerprint density at radius 2 is 1.73 bits per heavy atom. The van der Waals surface area contributed by atoms with E-state index in [1.807, 2.05) is 6.92 Å². The van der Waals surface area contributed by atoms with Gasteiger partial charge >= 0.3 is 5.97 Å². The lowest BCUT2D eigenvalue weighted by atomic mass is 9.82. The van der Waals surface area contributed by atoms with Crippen molar-refractivity contribution in [3.8, 4) is 11.3 Å². The van der Waals surface area contributed by atoms with E-state index < -0.39 is 23.7 Å². The van der Waals surface area contributed by atoms with Crippen molar-refractivity contribution in [3.05, 3.63) is 104 Å². The van der Waals surface area contributed by atoms with Crippen LogP contribution in [0, 0.1) is 36.4 Å². The van der Waals surface area contributed by atoms with Gasteiger partial charge < -0.3 is 4.74 Å². The van der Waals surface area contributed by atoms with Crippen LogP contribution in [0.25, 0.3) is 22.2 Å². The number of Topliss-reactive ketones (excluding diaryl/α,β-unsaturated/α-hetero) is 1. The zero-order chi connectivity index (χ0) is 34.0. The van der Waals surface area contributed by atoms with E-state index in [1.54, 1.807) is 43.3 Å². The van der Waals surface area contributed by atoms with Crippen LogP contribution in [0.5, 0.6) is 0 Å². The summed E-state index contributed by atoms with van der Waals surface area (Å²) in [6, 6.07) is 15.1. The topological polar surface area (TPSA) is 93.6 Å². The zero-order valence-corrected chi connectivity index (χ0v) is 28.9. The first-order valence-corrected chi connectivity index (χ1v) is 17.2. The van der Waals surface area contributed by atoms with Crippen LogP contribution in [0.1, 0.15) is 46.0 Å². The van der Waals surface area contributed by atoms with Crippen LogP contribution in [0.3, 0.4) is 0 Å². The van der Waals surface area contributed by atoms with Gasteiger partial charge in [0.25, 0.3) is 0 Å². The Bertz CT molecular complexity index is 2070. The second kappa shape index (κ2) is 12.5.